The van der Waals surface area contributed by atoms with Crippen LogP contribution in [-0.4, -0.2) is 0 Å². The van der Waals surface area contributed by atoms with E-state index in [1.807, 2.05) is 48.5 Å². The van der Waals surface area contributed by atoms with Gasteiger partial charge >= 0.3 is 0 Å². The lowest BCUT2D eigenvalue weighted by atomic mass is 9.82. The first-order valence-electron chi connectivity index (χ1n) is 10.5. The molecule has 0 N–H and O–H groups in total. The Balaban J connectivity index is 1.60. The molecule has 0 fully saturated rings. The fourth-order valence-corrected chi connectivity index (χ4v) is 4.63. The number of benzene rings is 4. The molecule has 0 atom stereocenters. The Kier molecular flexibility index (Phi) is 4.54. The highest BCUT2D eigenvalue weighted by Crippen LogP contribution is 2.50. The Morgan fingerprint density at radius 1 is 0.625 bits per heavy atom. The van der Waals surface area contributed by atoms with Gasteiger partial charge in [-0.25, -0.2) is 0 Å². The van der Waals surface area contributed by atoms with E-state index in [-0.39, 0.29) is 5.41 Å². The summed E-state index contributed by atoms with van der Waals surface area (Å²) >= 11 is 0. The van der Waals surface area contributed by atoms with Crippen LogP contribution in [0.2, 0.25) is 0 Å². The molecule has 0 heterocycles. The molecule has 1 aliphatic rings. The van der Waals surface area contributed by atoms with E-state index < -0.39 is 0 Å². The third-order valence-corrected chi connectivity index (χ3v) is 6.37. The van der Waals surface area contributed by atoms with Crippen LogP contribution in [0.25, 0.3) is 33.4 Å². The maximum absolute atomic E-state index is 9.08. The average Bonchev–Trinajstić information content (AvgIpc) is 3.06. The van der Waals surface area contributed by atoms with Crippen LogP contribution in [0, 0.1) is 22.8 Å². The first-order chi connectivity index (χ1) is 15.5. The molecule has 152 valence electrons. The molecule has 32 heavy (non-hydrogen) atoms. The molecule has 0 radical (unpaired) electrons. The van der Waals surface area contributed by atoms with Gasteiger partial charge in [0, 0.05) is 5.41 Å². The Morgan fingerprint density at radius 2 is 1.09 bits per heavy atom. The fourth-order valence-electron chi connectivity index (χ4n) is 4.63. The predicted octanol–water partition coefficient (Wildman–Crippen LogP) is 7.06. The molecular weight excluding hydrogens is 392 g/mol. The standard InChI is InChI=1S/C29H20N2O/c1-29(2)27-13-9-22(20-5-3-19(17-30)4-6-20)15-25(27)26-16-23(10-14-28(26)29)21-7-11-24(12-8-21)32-18-31/h3-16H,1-2H3. The van der Waals surface area contributed by atoms with E-state index in [9.17, 15) is 0 Å². The SMILES string of the molecule is CC1(C)c2ccc(-c3ccc(C#N)cc3)cc2-c2cc(-c3ccc(OC#N)cc3)ccc21. The zero-order chi connectivity index (χ0) is 22.3. The molecule has 4 aromatic rings. The van der Waals surface area contributed by atoms with Gasteiger partial charge in [-0.05, 0) is 80.9 Å². The number of nitriles is 2. The second kappa shape index (κ2) is 7.41. The maximum atomic E-state index is 9.08. The maximum Gasteiger partial charge on any atom is 0.292 e. The summed E-state index contributed by atoms with van der Waals surface area (Å²) in [6.07, 6.45) is 1.71. The molecule has 5 rings (SSSR count). The Hall–Kier alpha value is -4.34. The van der Waals surface area contributed by atoms with Crippen molar-refractivity contribution < 1.29 is 4.74 Å². The topological polar surface area (TPSA) is 56.8 Å². The highest BCUT2D eigenvalue weighted by molar-refractivity contribution is 5.87. The third-order valence-electron chi connectivity index (χ3n) is 6.37. The van der Waals surface area contributed by atoms with Crippen LogP contribution in [0.15, 0.2) is 84.9 Å². The van der Waals surface area contributed by atoms with Gasteiger partial charge in [-0.2, -0.15) is 5.26 Å². The van der Waals surface area contributed by atoms with Crippen molar-refractivity contribution in [3.63, 3.8) is 0 Å². The molecular formula is C29H20N2O. The number of rotatable bonds is 3. The van der Waals surface area contributed by atoms with E-state index in [4.69, 9.17) is 15.3 Å². The summed E-state index contributed by atoms with van der Waals surface area (Å²) in [5.41, 5.74) is 10.2. The van der Waals surface area contributed by atoms with Crippen LogP contribution in [0.3, 0.4) is 0 Å². The summed E-state index contributed by atoms with van der Waals surface area (Å²) in [5, 5.41) is 17.8. The van der Waals surface area contributed by atoms with Crippen LogP contribution >= 0.6 is 0 Å². The van der Waals surface area contributed by atoms with Crippen molar-refractivity contribution in [3.8, 4) is 51.5 Å². The summed E-state index contributed by atoms with van der Waals surface area (Å²) in [4.78, 5) is 0. The molecule has 4 aromatic carbocycles. The second-order valence-corrected chi connectivity index (χ2v) is 8.55. The van der Waals surface area contributed by atoms with Gasteiger partial charge < -0.3 is 4.74 Å². The van der Waals surface area contributed by atoms with Crippen molar-refractivity contribution in [2.75, 3.05) is 0 Å². The lowest BCUT2D eigenvalue weighted by Crippen LogP contribution is -2.14. The van der Waals surface area contributed by atoms with Gasteiger partial charge in [0.25, 0.3) is 6.26 Å². The minimum atomic E-state index is -0.0725. The number of ether oxygens (including phenoxy) is 1. The van der Waals surface area contributed by atoms with E-state index in [2.05, 4.69) is 56.3 Å². The highest BCUT2D eigenvalue weighted by atomic mass is 16.5. The first-order valence-corrected chi connectivity index (χ1v) is 10.5. The normalized spacial score (nSPS) is 12.9. The molecule has 0 spiro atoms. The number of nitrogens with zero attached hydrogens (tertiary/aromatic N) is 2. The lowest BCUT2D eigenvalue weighted by molar-refractivity contribution is 0.507. The van der Waals surface area contributed by atoms with Crippen LogP contribution in [0.5, 0.6) is 5.75 Å². The molecule has 0 aromatic heterocycles. The predicted molar refractivity (Wildman–Crippen MR) is 126 cm³/mol. The molecule has 0 aliphatic heterocycles. The van der Waals surface area contributed by atoms with Crippen LogP contribution in [0.1, 0.15) is 30.5 Å². The van der Waals surface area contributed by atoms with Crippen molar-refractivity contribution in [2.24, 2.45) is 0 Å². The van der Waals surface area contributed by atoms with Crippen LogP contribution in [-0.2, 0) is 5.41 Å². The van der Waals surface area contributed by atoms with E-state index in [1.54, 1.807) is 6.26 Å². The van der Waals surface area contributed by atoms with Gasteiger partial charge in [0.2, 0.25) is 0 Å². The van der Waals surface area contributed by atoms with Gasteiger partial charge in [0.05, 0.1) is 11.6 Å². The monoisotopic (exact) mass is 412 g/mol. The van der Waals surface area contributed by atoms with Gasteiger partial charge in [-0.15, -0.1) is 5.26 Å². The third kappa shape index (κ3) is 3.13. The summed E-state index contributed by atoms with van der Waals surface area (Å²) in [7, 11) is 0. The van der Waals surface area contributed by atoms with E-state index in [0.717, 1.165) is 22.3 Å². The van der Waals surface area contributed by atoms with Crippen molar-refractivity contribution in [2.45, 2.75) is 19.3 Å². The van der Waals surface area contributed by atoms with E-state index in [1.165, 1.54) is 22.3 Å². The quantitative estimate of drug-likeness (QED) is 0.339. The second-order valence-electron chi connectivity index (χ2n) is 8.55. The number of hydrogen-bond donors (Lipinski definition) is 0. The highest BCUT2D eigenvalue weighted by Gasteiger charge is 2.35. The molecule has 0 saturated heterocycles. The zero-order valence-corrected chi connectivity index (χ0v) is 17.9. The van der Waals surface area contributed by atoms with E-state index in [0.29, 0.717) is 11.3 Å². The number of hydrogen-bond acceptors (Lipinski definition) is 3. The largest absolute Gasteiger partial charge is 0.388 e. The number of fused-ring (bicyclic) bond motifs is 3. The van der Waals surface area contributed by atoms with Gasteiger partial charge in [-0.1, -0.05) is 62.4 Å². The average molecular weight is 412 g/mol. The minimum Gasteiger partial charge on any atom is -0.388 e. The van der Waals surface area contributed by atoms with Crippen molar-refractivity contribution in [1.82, 2.24) is 0 Å². The Labute approximate surface area is 187 Å². The molecule has 3 heteroatoms. The molecule has 0 amide bonds. The molecule has 3 nitrogen and oxygen atoms in total. The lowest BCUT2D eigenvalue weighted by Gasteiger charge is -2.21. The minimum absolute atomic E-state index is 0.0725. The summed E-state index contributed by atoms with van der Waals surface area (Å²) < 4.78 is 4.90. The first kappa shape index (κ1) is 19.6. The molecule has 0 bridgehead atoms. The Bertz CT molecular complexity index is 1420. The molecule has 0 unspecified atom stereocenters. The van der Waals surface area contributed by atoms with Gasteiger partial charge in [-0.3, -0.25) is 0 Å². The zero-order valence-electron chi connectivity index (χ0n) is 17.9. The summed E-state index contributed by atoms with van der Waals surface area (Å²) in [6, 6.07) is 30.8. The van der Waals surface area contributed by atoms with Crippen LogP contribution in [0.4, 0.5) is 0 Å². The fraction of sp³-hybridized carbons (Fsp3) is 0.103. The molecule has 1 aliphatic carbocycles. The van der Waals surface area contributed by atoms with Gasteiger partial charge in [0.15, 0.2) is 0 Å². The smallest absolute Gasteiger partial charge is 0.292 e. The van der Waals surface area contributed by atoms with Crippen molar-refractivity contribution in [3.05, 3.63) is 102 Å². The van der Waals surface area contributed by atoms with Crippen LogP contribution < -0.4 is 4.74 Å². The van der Waals surface area contributed by atoms with Gasteiger partial charge in [0.1, 0.15) is 5.75 Å². The summed E-state index contributed by atoms with van der Waals surface area (Å²) in [5.74, 6) is 0.538. The summed E-state index contributed by atoms with van der Waals surface area (Å²) in [6.45, 7) is 4.54. The molecule has 0 saturated carbocycles. The Morgan fingerprint density at radius 3 is 1.56 bits per heavy atom. The van der Waals surface area contributed by atoms with Crippen molar-refractivity contribution >= 4 is 0 Å². The van der Waals surface area contributed by atoms with Crippen molar-refractivity contribution in [1.29, 1.82) is 10.5 Å². The van der Waals surface area contributed by atoms with E-state index >= 15 is 0 Å².